The van der Waals surface area contributed by atoms with Gasteiger partial charge in [-0.05, 0) is 47.1 Å². The molecule has 2 N–H and O–H groups in total. The highest BCUT2D eigenvalue weighted by atomic mass is 127. The van der Waals surface area contributed by atoms with Crippen molar-refractivity contribution in [2.75, 3.05) is 7.05 Å². The van der Waals surface area contributed by atoms with E-state index < -0.39 is 5.41 Å². The summed E-state index contributed by atoms with van der Waals surface area (Å²) in [5, 5.41) is 0. The fourth-order valence-electron chi connectivity index (χ4n) is 2.45. The summed E-state index contributed by atoms with van der Waals surface area (Å²) in [6.07, 6.45) is 10.7. The lowest BCUT2D eigenvalue weighted by Gasteiger charge is -2.41. The van der Waals surface area contributed by atoms with Crippen molar-refractivity contribution < 1.29 is 4.79 Å². The molecular formula is C14H17IN2O. The predicted octanol–water partition coefficient (Wildman–Crippen LogP) is 2.86. The minimum Gasteiger partial charge on any atom is -0.369 e. The van der Waals surface area contributed by atoms with Crippen molar-refractivity contribution in [3.8, 4) is 0 Å². The van der Waals surface area contributed by atoms with Gasteiger partial charge in [-0.2, -0.15) is 0 Å². The molecule has 1 fully saturated rings. The number of nitrogens with two attached hydrogens (primary N) is 1. The third-order valence-electron chi connectivity index (χ3n) is 3.79. The zero-order valence-corrected chi connectivity index (χ0v) is 12.6. The molecule has 1 saturated carbocycles. The minimum absolute atomic E-state index is 0.205. The van der Waals surface area contributed by atoms with Gasteiger partial charge in [0.25, 0.3) is 0 Å². The molecule has 0 spiro atoms. The second-order valence-electron chi connectivity index (χ2n) is 4.77. The third-order valence-corrected chi connectivity index (χ3v) is 4.78. The number of allylic oxidation sites excluding steroid dienone is 4. The SMILES string of the molecule is C=C/C(I)=C1/C=CC(C2(C(N)=O)CCC2)=CN1C. The van der Waals surface area contributed by atoms with Crippen molar-refractivity contribution in [2.24, 2.45) is 11.1 Å². The standard InChI is InChI=1S/C14H17IN2O/c1-3-11(15)12-6-5-10(9-17(12)2)14(13(16)18)7-4-8-14/h3,5-6,9H,1,4,7-8H2,2H3,(H2,16,18)/b12-11+. The second-order valence-corrected chi connectivity index (χ2v) is 5.93. The zero-order chi connectivity index (χ0) is 13.3. The first-order valence-electron chi connectivity index (χ1n) is 5.96. The Morgan fingerprint density at radius 1 is 1.56 bits per heavy atom. The summed E-state index contributed by atoms with van der Waals surface area (Å²) in [6.45, 7) is 3.77. The fraction of sp³-hybridized carbons (Fsp3) is 0.357. The first-order chi connectivity index (χ1) is 8.51. The molecule has 0 unspecified atom stereocenters. The van der Waals surface area contributed by atoms with Crippen LogP contribution in [0.3, 0.4) is 0 Å². The van der Waals surface area contributed by atoms with Gasteiger partial charge >= 0.3 is 0 Å². The summed E-state index contributed by atoms with van der Waals surface area (Å²) in [5.41, 5.74) is 7.25. The Balaban J connectivity index is 2.33. The zero-order valence-electron chi connectivity index (χ0n) is 10.4. The van der Waals surface area contributed by atoms with Gasteiger partial charge in [0.2, 0.25) is 5.91 Å². The quantitative estimate of drug-likeness (QED) is 0.791. The van der Waals surface area contributed by atoms with Crippen molar-refractivity contribution in [1.82, 2.24) is 4.90 Å². The van der Waals surface area contributed by atoms with Crippen molar-refractivity contribution in [2.45, 2.75) is 19.3 Å². The van der Waals surface area contributed by atoms with Crippen LogP contribution in [-0.4, -0.2) is 17.9 Å². The topological polar surface area (TPSA) is 46.3 Å². The van der Waals surface area contributed by atoms with Crippen LogP contribution in [0.1, 0.15) is 19.3 Å². The largest absolute Gasteiger partial charge is 0.369 e. The van der Waals surface area contributed by atoms with Gasteiger partial charge in [-0.15, -0.1) is 0 Å². The summed E-state index contributed by atoms with van der Waals surface area (Å²) >= 11 is 2.25. The average Bonchev–Trinajstić information content (AvgIpc) is 2.26. The average molecular weight is 356 g/mol. The Kier molecular flexibility index (Phi) is 3.66. The van der Waals surface area contributed by atoms with Crippen LogP contribution < -0.4 is 5.73 Å². The predicted molar refractivity (Wildman–Crippen MR) is 81.7 cm³/mol. The molecule has 2 aliphatic rings. The van der Waals surface area contributed by atoms with Crippen LogP contribution in [0.5, 0.6) is 0 Å². The second kappa shape index (κ2) is 4.91. The summed E-state index contributed by atoms with van der Waals surface area (Å²) in [6, 6.07) is 0. The fourth-order valence-corrected chi connectivity index (χ4v) is 3.01. The van der Waals surface area contributed by atoms with Crippen molar-refractivity contribution in [3.05, 3.63) is 45.9 Å². The van der Waals surface area contributed by atoms with Gasteiger partial charge in [-0.1, -0.05) is 25.2 Å². The molecule has 0 atom stereocenters. The van der Waals surface area contributed by atoms with E-state index in [4.69, 9.17) is 5.73 Å². The Morgan fingerprint density at radius 2 is 2.22 bits per heavy atom. The van der Waals surface area contributed by atoms with Gasteiger partial charge in [0, 0.05) is 16.8 Å². The highest BCUT2D eigenvalue weighted by Crippen LogP contribution is 2.48. The van der Waals surface area contributed by atoms with Gasteiger partial charge in [0.1, 0.15) is 0 Å². The molecule has 0 saturated heterocycles. The maximum atomic E-state index is 11.7. The van der Waals surface area contributed by atoms with Crippen LogP contribution in [0.25, 0.3) is 0 Å². The lowest BCUT2D eigenvalue weighted by molar-refractivity contribution is -0.129. The number of hydrogen-bond acceptors (Lipinski definition) is 2. The van der Waals surface area contributed by atoms with Crippen LogP contribution in [-0.2, 0) is 4.79 Å². The van der Waals surface area contributed by atoms with Gasteiger partial charge in [0.05, 0.1) is 11.1 Å². The molecule has 0 radical (unpaired) electrons. The third kappa shape index (κ3) is 2.02. The molecule has 1 amide bonds. The van der Waals surface area contributed by atoms with Crippen molar-refractivity contribution in [1.29, 1.82) is 0 Å². The molecule has 96 valence electrons. The molecular weight excluding hydrogens is 339 g/mol. The van der Waals surface area contributed by atoms with E-state index in [2.05, 4.69) is 29.2 Å². The number of rotatable bonds is 3. The molecule has 1 aliphatic heterocycles. The van der Waals surface area contributed by atoms with E-state index in [1.165, 1.54) is 0 Å². The highest BCUT2D eigenvalue weighted by Gasteiger charge is 2.45. The summed E-state index contributed by atoms with van der Waals surface area (Å²) < 4.78 is 1.09. The molecule has 0 aromatic heterocycles. The molecule has 1 heterocycles. The molecule has 1 aliphatic carbocycles. The van der Waals surface area contributed by atoms with Crippen LogP contribution in [0.15, 0.2) is 45.9 Å². The van der Waals surface area contributed by atoms with Gasteiger partial charge in [-0.25, -0.2) is 0 Å². The maximum absolute atomic E-state index is 11.7. The number of hydrogen-bond donors (Lipinski definition) is 1. The molecule has 4 heteroatoms. The van der Waals surface area contributed by atoms with E-state index in [0.717, 1.165) is 34.1 Å². The van der Waals surface area contributed by atoms with Crippen molar-refractivity contribution >= 4 is 28.5 Å². The van der Waals surface area contributed by atoms with Crippen molar-refractivity contribution in [3.63, 3.8) is 0 Å². The summed E-state index contributed by atoms with van der Waals surface area (Å²) in [4.78, 5) is 13.7. The molecule has 0 bridgehead atoms. The molecule has 0 aromatic carbocycles. The number of nitrogens with zero attached hydrogens (tertiary/aromatic N) is 1. The number of halogens is 1. The number of primary amides is 1. The van der Waals surface area contributed by atoms with Gasteiger partial charge < -0.3 is 10.6 Å². The Hall–Kier alpha value is -1.04. The number of amides is 1. The van der Waals surface area contributed by atoms with E-state index in [9.17, 15) is 4.79 Å². The molecule has 0 aromatic rings. The van der Waals surface area contributed by atoms with E-state index in [-0.39, 0.29) is 5.91 Å². The lowest BCUT2D eigenvalue weighted by Crippen LogP contribution is -2.44. The van der Waals surface area contributed by atoms with E-state index in [1.807, 2.05) is 36.4 Å². The maximum Gasteiger partial charge on any atom is 0.228 e. The van der Waals surface area contributed by atoms with Crippen LogP contribution >= 0.6 is 22.6 Å². The minimum atomic E-state index is -0.435. The highest BCUT2D eigenvalue weighted by molar-refractivity contribution is 14.1. The number of carbonyl (C=O) groups is 1. The monoisotopic (exact) mass is 356 g/mol. The molecule has 18 heavy (non-hydrogen) atoms. The van der Waals surface area contributed by atoms with E-state index in [1.54, 1.807) is 0 Å². The molecule has 3 nitrogen and oxygen atoms in total. The Morgan fingerprint density at radius 3 is 2.61 bits per heavy atom. The molecule has 2 rings (SSSR count). The number of carbonyl (C=O) groups excluding carboxylic acids is 1. The van der Waals surface area contributed by atoms with E-state index >= 15 is 0 Å². The first-order valence-corrected chi connectivity index (χ1v) is 7.04. The smallest absolute Gasteiger partial charge is 0.228 e. The Bertz CT molecular complexity index is 484. The summed E-state index contributed by atoms with van der Waals surface area (Å²) in [7, 11) is 1.98. The normalized spacial score (nSPS) is 24.1. The summed E-state index contributed by atoms with van der Waals surface area (Å²) in [5.74, 6) is -0.205. The Labute approximate surface area is 121 Å². The van der Waals surface area contributed by atoms with E-state index in [0.29, 0.717) is 0 Å². The number of likely N-dealkylation sites (N-methyl/N-ethyl adjacent to an activating group) is 1. The first kappa shape index (κ1) is 13.4. The van der Waals surface area contributed by atoms with Gasteiger partial charge in [-0.3, -0.25) is 4.79 Å². The van der Waals surface area contributed by atoms with Crippen LogP contribution in [0.2, 0.25) is 0 Å². The lowest BCUT2D eigenvalue weighted by atomic mass is 9.63. The van der Waals surface area contributed by atoms with Crippen LogP contribution in [0.4, 0.5) is 0 Å². The van der Waals surface area contributed by atoms with Crippen LogP contribution in [0, 0.1) is 5.41 Å². The van der Waals surface area contributed by atoms with Gasteiger partial charge in [0.15, 0.2) is 0 Å².